The number of hydrogen-bond acceptors (Lipinski definition) is 3. The van der Waals surface area contributed by atoms with Crippen LogP contribution in [0.5, 0.6) is 0 Å². The molecule has 0 heterocycles. The number of carbonyl (C=O) groups is 1. The van der Waals surface area contributed by atoms with E-state index in [-0.39, 0.29) is 0 Å². The number of carboxylic acids is 1. The SMILES string of the molecule is C/C(=C/CNOCc1ccccc1)C(=O)O. The third-order valence-corrected chi connectivity index (χ3v) is 2.01. The Balaban J connectivity index is 2.18. The van der Waals surface area contributed by atoms with Crippen LogP contribution < -0.4 is 5.48 Å². The Morgan fingerprint density at radius 1 is 1.44 bits per heavy atom. The van der Waals surface area contributed by atoms with Crippen LogP contribution in [-0.2, 0) is 16.2 Å². The molecule has 0 fully saturated rings. The zero-order chi connectivity index (χ0) is 11.8. The Labute approximate surface area is 94.5 Å². The van der Waals surface area contributed by atoms with E-state index in [0.717, 1.165) is 5.56 Å². The summed E-state index contributed by atoms with van der Waals surface area (Å²) < 4.78 is 0. The van der Waals surface area contributed by atoms with Crippen LogP contribution in [-0.4, -0.2) is 17.6 Å². The summed E-state index contributed by atoms with van der Waals surface area (Å²) in [6.07, 6.45) is 1.56. The highest BCUT2D eigenvalue weighted by Crippen LogP contribution is 1.98. The zero-order valence-electron chi connectivity index (χ0n) is 9.14. The van der Waals surface area contributed by atoms with Crippen molar-refractivity contribution in [2.75, 3.05) is 6.54 Å². The molecule has 86 valence electrons. The Morgan fingerprint density at radius 3 is 2.75 bits per heavy atom. The first-order chi connectivity index (χ1) is 7.70. The number of nitrogens with one attached hydrogen (secondary N) is 1. The number of hydroxylamine groups is 1. The second-order valence-electron chi connectivity index (χ2n) is 3.32. The minimum Gasteiger partial charge on any atom is -0.478 e. The first kappa shape index (κ1) is 12.4. The van der Waals surface area contributed by atoms with Gasteiger partial charge in [-0.15, -0.1) is 0 Å². The van der Waals surface area contributed by atoms with E-state index < -0.39 is 5.97 Å². The van der Waals surface area contributed by atoms with Crippen LogP contribution in [0.4, 0.5) is 0 Å². The Bertz CT molecular complexity index is 360. The van der Waals surface area contributed by atoms with Gasteiger partial charge in [0, 0.05) is 12.1 Å². The maximum atomic E-state index is 10.4. The van der Waals surface area contributed by atoms with Gasteiger partial charge in [0.25, 0.3) is 0 Å². The molecule has 0 aromatic heterocycles. The second kappa shape index (κ2) is 6.76. The van der Waals surface area contributed by atoms with Crippen molar-refractivity contribution in [2.24, 2.45) is 0 Å². The number of rotatable bonds is 6. The number of benzene rings is 1. The van der Waals surface area contributed by atoms with Crippen LogP contribution in [0.15, 0.2) is 42.0 Å². The molecule has 1 rings (SSSR count). The minimum atomic E-state index is -0.912. The van der Waals surface area contributed by atoms with Crippen molar-refractivity contribution < 1.29 is 14.7 Å². The van der Waals surface area contributed by atoms with Gasteiger partial charge in [0.05, 0.1) is 6.61 Å². The lowest BCUT2D eigenvalue weighted by molar-refractivity contribution is -0.132. The average Bonchev–Trinajstić information content (AvgIpc) is 2.29. The van der Waals surface area contributed by atoms with Crippen molar-refractivity contribution in [3.63, 3.8) is 0 Å². The van der Waals surface area contributed by atoms with Crippen LogP contribution in [0.25, 0.3) is 0 Å². The lowest BCUT2D eigenvalue weighted by Crippen LogP contribution is -2.15. The fraction of sp³-hybridized carbons (Fsp3) is 0.250. The summed E-state index contributed by atoms with van der Waals surface area (Å²) in [5.74, 6) is -0.912. The summed E-state index contributed by atoms with van der Waals surface area (Å²) in [4.78, 5) is 15.6. The molecule has 0 aliphatic carbocycles. The first-order valence-corrected chi connectivity index (χ1v) is 4.99. The molecule has 0 saturated carbocycles. The maximum absolute atomic E-state index is 10.4. The van der Waals surface area contributed by atoms with E-state index in [1.807, 2.05) is 30.3 Å². The standard InChI is InChI=1S/C12H15NO3/c1-10(12(14)15)7-8-13-16-9-11-5-3-2-4-6-11/h2-7,13H,8-9H2,1H3,(H,14,15)/b10-7-. The average molecular weight is 221 g/mol. The van der Waals surface area contributed by atoms with E-state index in [1.165, 1.54) is 0 Å². The normalized spacial score (nSPS) is 11.4. The van der Waals surface area contributed by atoms with Crippen LogP contribution >= 0.6 is 0 Å². The molecule has 0 aliphatic heterocycles. The molecule has 0 atom stereocenters. The molecule has 16 heavy (non-hydrogen) atoms. The largest absolute Gasteiger partial charge is 0.478 e. The molecule has 0 unspecified atom stereocenters. The van der Waals surface area contributed by atoms with Crippen molar-refractivity contribution in [1.82, 2.24) is 5.48 Å². The lowest BCUT2D eigenvalue weighted by Gasteiger charge is -2.03. The van der Waals surface area contributed by atoms with Gasteiger partial charge in [0.15, 0.2) is 0 Å². The van der Waals surface area contributed by atoms with E-state index in [2.05, 4.69) is 5.48 Å². The second-order valence-corrected chi connectivity index (χ2v) is 3.32. The zero-order valence-corrected chi connectivity index (χ0v) is 9.14. The van der Waals surface area contributed by atoms with Crippen molar-refractivity contribution in [2.45, 2.75) is 13.5 Å². The Morgan fingerprint density at radius 2 is 2.12 bits per heavy atom. The van der Waals surface area contributed by atoms with Crippen molar-refractivity contribution in [3.05, 3.63) is 47.5 Å². The van der Waals surface area contributed by atoms with Crippen molar-refractivity contribution >= 4 is 5.97 Å². The van der Waals surface area contributed by atoms with Gasteiger partial charge in [-0.1, -0.05) is 36.4 Å². The summed E-state index contributed by atoms with van der Waals surface area (Å²) >= 11 is 0. The molecule has 1 aromatic carbocycles. The first-order valence-electron chi connectivity index (χ1n) is 4.99. The minimum absolute atomic E-state index is 0.302. The predicted octanol–water partition coefficient (Wildman–Crippen LogP) is 1.74. The van der Waals surface area contributed by atoms with E-state index in [0.29, 0.717) is 18.7 Å². The predicted molar refractivity (Wildman–Crippen MR) is 60.6 cm³/mol. The number of aliphatic carboxylic acids is 1. The summed E-state index contributed by atoms with van der Waals surface area (Å²) in [5.41, 5.74) is 4.05. The maximum Gasteiger partial charge on any atom is 0.330 e. The van der Waals surface area contributed by atoms with Gasteiger partial charge in [0.2, 0.25) is 0 Å². The Hall–Kier alpha value is -1.65. The van der Waals surface area contributed by atoms with Crippen molar-refractivity contribution in [3.8, 4) is 0 Å². The monoisotopic (exact) mass is 221 g/mol. The van der Waals surface area contributed by atoms with Gasteiger partial charge in [-0.25, -0.2) is 4.79 Å². The lowest BCUT2D eigenvalue weighted by atomic mass is 10.2. The van der Waals surface area contributed by atoms with E-state index in [9.17, 15) is 4.79 Å². The van der Waals surface area contributed by atoms with Crippen LogP contribution in [0, 0.1) is 0 Å². The van der Waals surface area contributed by atoms with E-state index >= 15 is 0 Å². The molecule has 4 nitrogen and oxygen atoms in total. The quantitative estimate of drug-likeness (QED) is 0.436. The van der Waals surface area contributed by atoms with Crippen LogP contribution in [0.3, 0.4) is 0 Å². The summed E-state index contributed by atoms with van der Waals surface area (Å²) in [6, 6.07) is 9.73. The van der Waals surface area contributed by atoms with Gasteiger partial charge >= 0.3 is 5.97 Å². The third-order valence-electron chi connectivity index (χ3n) is 2.01. The highest BCUT2D eigenvalue weighted by molar-refractivity contribution is 5.85. The number of hydrogen-bond donors (Lipinski definition) is 2. The highest BCUT2D eigenvalue weighted by atomic mass is 16.6. The fourth-order valence-corrected chi connectivity index (χ4v) is 1.05. The van der Waals surface area contributed by atoms with Gasteiger partial charge in [-0.2, -0.15) is 5.48 Å². The molecule has 0 amide bonds. The molecule has 0 radical (unpaired) electrons. The molecular formula is C12H15NO3. The molecule has 0 aliphatic rings. The molecule has 0 bridgehead atoms. The fourth-order valence-electron chi connectivity index (χ4n) is 1.05. The van der Waals surface area contributed by atoms with Crippen molar-refractivity contribution in [1.29, 1.82) is 0 Å². The molecule has 1 aromatic rings. The molecule has 4 heteroatoms. The smallest absolute Gasteiger partial charge is 0.330 e. The van der Waals surface area contributed by atoms with E-state index in [4.69, 9.17) is 9.94 Å². The summed E-state index contributed by atoms with van der Waals surface area (Å²) in [5, 5.41) is 8.58. The highest BCUT2D eigenvalue weighted by Gasteiger charge is 1.97. The van der Waals surface area contributed by atoms with Gasteiger partial charge in [-0.05, 0) is 12.5 Å². The van der Waals surface area contributed by atoms with Crippen LogP contribution in [0.2, 0.25) is 0 Å². The molecule has 0 saturated heterocycles. The molecular weight excluding hydrogens is 206 g/mol. The van der Waals surface area contributed by atoms with Gasteiger partial charge in [0.1, 0.15) is 0 Å². The van der Waals surface area contributed by atoms with Gasteiger partial charge < -0.3 is 5.11 Å². The summed E-state index contributed by atoms with van der Waals surface area (Å²) in [6.45, 7) is 2.38. The third kappa shape index (κ3) is 4.72. The molecule has 2 N–H and O–H groups in total. The number of carboxylic acid groups (broad SMARTS) is 1. The Kier molecular flexibility index (Phi) is 5.25. The topological polar surface area (TPSA) is 58.6 Å². The molecule has 0 spiro atoms. The summed E-state index contributed by atoms with van der Waals surface area (Å²) in [7, 11) is 0. The van der Waals surface area contributed by atoms with Crippen LogP contribution in [0.1, 0.15) is 12.5 Å². The van der Waals surface area contributed by atoms with Gasteiger partial charge in [-0.3, -0.25) is 4.84 Å². The van der Waals surface area contributed by atoms with E-state index in [1.54, 1.807) is 13.0 Å².